The lowest BCUT2D eigenvalue weighted by Gasteiger charge is -2.08. The third-order valence-corrected chi connectivity index (χ3v) is 7.14. The Bertz CT molecular complexity index is 1540. The lowest BCUT2D eigenvalue weighted by Crippen LogP contribution is -2.13. The maximum Gasteiger partial charge on any atom is 0.240 e. The summed E-state index contributed by atoms with van der Waals surface area (Å²) in [4.78, 5) is 16.7. The highest BCUT2D eigenvalue weighted by Gasteiger charge is 2.25. The quantitative estimate of drug-likeness (QED) is 0.283. The Labute approximate surface area is 196 Å². The fraction of sp³-hybridized carbons (Fsp3) is 0.136. The smallest absolute Gasteiger partial charge is 0.240 e. The number of ketones is 1. The van der Waals surface area contributed by atoms with Crippen molar-refractivity contribution in [2.24, 2.45) is 5.14 Å². The number of halogens is 3. The van der Waals surface area contributed by atoms with Crippen LogP contribution in [0.2, 0.25) is 0 Å². The van der Waals surface area contributed by atoms with Crippen LogP contribution < -0.4 is 5.14 Å². The second-order valence-electron chi connectivity index (χ2n) is 7.30. The summed E-state index contributed by atoms with van der Waals surface area (Å²) >= 11 is 1.17. The number of carbonyl (C=O) groups is 1. The molecule has 0 amide bonds. The Hall–Kier alpha value is -3.22. The summed E-state index contributed by atoms with van der Waals surface area (Å²) in [5, 5.41) is 11.5. The molecular formula is C22H17F3N4O3S2. The van der Waals surface area contributed by atoms with E-state index >= 15 is 0 Å². The van der Waals surface area contributed by atoms with Gasteiger partial charge in [0.05, 0.1) is 10.9 Å². The number of rotatable bonds is 7. The number of hydrogen-bond donors (Lipinski definition) is 2. The van der Waals surface area contributed by atoms with E-state index in [-0.39, 0.29) is 27.2 Å². The van der Waals surface area contributed by atoms with Crippen LogP contribution in [0.5, 0.6) is 0 Å². The van der Waals surface area contributed by atoms with Crippen LogP contribution in [0.25, 0.3) is 22.2 Å². The van der Waals surface area contributed by atoms with Crippen molar-refractivity contribution in [2.75, 3.05) is 5.75 Å². The van der Waals surface area contributed by atoms with E-state index in [2.05, 4.69) is 15.2 Å². The van der Waals surface area contributed by atoms with Crippen molar-refractivity contribution in [1.29, 1.82) is 0 Å². The molecule has 0 unspecified atom stereocenters. The third kappa shape index (κ3) is 4.43. The summed E-state index contributed by atoms with van der Waals surface area (Å²) in [5.41, 5.74) is -0.252. The zero-order valence-electron chi connectivity index (χ0n) is 17.6. The molecule has 0 bridgehead atoms. The van der Waals surface area contributed by atoms with Crippen molar-refractivity contribution in [3.63, 3.8) is 0 Å². The maximum absolute atomic E-state index is 15.0. The molecule has 0 aliphatic heterocycles. The Morgan fingerprint density at radius 3 is 2.53 bits per heavy atom. The molecule has 4 rings (SSSR count). The fourth-order valence-corrected chi connectivity index (χ4v) is 4.74. The van der Waals surface area contributed by atoms with Gasteiger partial charge < -0.3 is 0 Å². The Morgan fingerprint density at radius 1 is 1.09 bits per heavy atom. The van der Waals surface area contributed by atoms with Gasteiger partial charge in [0.15, 0.2) is 11.5 Å². The van der Waals surface area contributed by atoms with Crippen LogP contribution in [0, 0.1) is 17.5 Å². The van der Waals surface area contributed by atoms with Crippen molar-refractivity contribution in [3.8, 4) is 11.1 Å². The number of fused-ring (bicyclic) bond motifs is 1. The first-order chi connectivity index (χ1) is 16.1. The first-order valence-corrected chi connectivity index (χ1v) is 12.5. The number of sulfonamides is 1. The summed E-state index contributed by atoms with van der Waals surface area (Å²) in [7, 11) is -4.25. The van der Waals surface area contributed by atoms with E-state index in [0.717, 1.165) is 24.6 Å². The van der Waals surface area contributed by atoms with E-state index in [4.69, 9.17) is 5.14 Å². The minimum absolute atomic E-state index is 0.103. The van der Waals surface area contributed by atoms with Crippen molar-refractivity contribution in [1.82, 2.24) is 15.2 Å². The topological polar surface area (TPSA) is 119 Å². The third-order valence-electron chi connectivity index (χ3n) is 4.95. The van der Waals surface area contributed by atoms with E-state index in [1.807, 2.05) is 6.92 Å². The van der Waals surface area contributed by atoms with Crippen LogP contribution in [0.4, 0.5) is 13.2 Å². The van der Waals surface area contributed by atoms with Crippen LogP contribution in [0.1, 0.15) is 29.4 Å². The molecule has 2 heterocycles. The van der Waals surface area contributed by atoms with E-state index in [9.17, 15) is 26.4 Å². The molecule has 0 radical (unpaired) electrons. The normalized spacial score (nSPS) is 11.8. The summed E-state index contributed by atoms with van der Waals surface area (Å²) in [5.74, 6) is -3.40. The predicted octanol–water partition coefficient (Wildman–Crippen LogP) is 4.42. The van der Waals surface area contributed by atoms with Crippen molar-refractivity contribution in [2.45, 2.75) is 23.1 Å². The largest absolute Gasteiger partial charge is 0.287 e. The van der Waals surface area contributed by atoms with Gasteiger partial charge in [-0.05, 0) is 48.1 Å². The number of nitrogens with two attached hydrogens (primary N) is 1. The summed E-state index contributed by atoms with van der Waals surface area (Å²) in [6.45, 7) is 1.91. The number of H-pyrrole nitrogens is 1. The number of primary sulfonamides is 1. The second-order valence-corrected chi connectivity index (χ2v) is 9.96. The molecule has 0 aliphatic carbocycles. The number of hydrogen-bond acceptors (Lipinski definition) is 6. The van der Waals surface area contributed by atoms with Crippen LogP contribution in [0.15, 0.2) is 52.4 Å². The number of thioether (sulfide) groups is 1. The molecule has 0 atom stereocenters. The summed E-state index contributed by atoms with van der Waals surface area (Å²) in [6, 6.07) is 7.05. The van der Waals surface area contributed by atoms with E-state index < -0.39 is 43.7 Å². The molecule has 2 aromatic carbocycles. The van der Waals surface area contributed by atoms with Crippen LogP contribution in [0.3, 0.4) is 0 Å². The van der Waals surface area contributed by atoms with Gasteiger partial charge in [-0.25, -0.2) is 31.7 Å². The molecule has 0 saturated heterocycles. The predicted molar refractivity (Wildman–Crippen MR) is 121 cm³/mol. The van der Waals surface area contributed by atoms with Gasteiger partial charge in [0.25, 0.3) is 0 Å². The molecule has 0 spiro atoms. The van der Waals surface area contributed by atoms with E-state index in [0.29, 0.717) is 11.3 Å². The van der Waals surface area contributed by atoms with Crippen LogP contribution in [-0.2, 0) is 10.0 Å². The Balaban J connectivity index is 1.79. The molecule has 2 aromatic heterocycles. The molecule has 0 fully saturated rings. The lowest BCUT2D eigenvalue weighted by atomic mass is 10.0. The Kier molecular flexibility index (Phi) is 6.47. The molecule has 12 heteroatoms. The number of aromatic nitrogens is 3. The number of nitrogens with one attached hydrogen (secondary N) is 1. The highest BCUT2D eigenvalue weighted by atomic mass is 32.2. The standard InChI is InChI=1S/C22H17F3N4O3S2/c1-2-7-33-16-5-4-14(23)18(19(16)25)21(30)20-13-8-12(10-27-22(13)29-28-20)11-3-6-17(15(24)9-11)34(26,31)32/h3-6,8-10H,2,7H2,1H3,(H2,26,31,32)(H,27,28,29). The van der Waals surface area contributed by atoms with Crippen molar-refractivity contribution in [3.05, 3.63) is 71.3 Å². The van der Waals surface area contributed by atoms with E-state index in [1.54, 1.807) is 0 Å². The number of benzene rings is 2. The number of nitrogens with zero attached hydrogens (tertiary/aromatic N) is 2. The molecule has 7 nitrogen and oxygen atoms in total. The highest BCUT2D eigenvalue weighted by molar-refractivity contribution is 7.99. The zero-order valence-corrected chi connectivity index (χ0v) is 19.2. The molecular weight excluding hydrogens is 489 g/mol. The van der Waals surface area contributed by atoms with Crippen LogP contribution in [-0.4, -0.2) is 35.1 Å². The number of pyridine rings is 1. The molecule has 176 valence electrons. The molecule has 4 aromatic rings. The monoisotopic (exact) mass is 506 g/mol. The van der Waals surface area contributed by atoms with Gasteiger partial charge in [0.2, 0.25) is 15.8 Å². The summed E-state index contributed by atoms with van der Waals surface area (Å²) < 4.78 is 66.7. The minimum atomic E-state index is -4.25. The number of aromatic amines is 1. The van der Waals surface area contributed by atoms with Gasteiger partial charge >= 0.3 is 0 Å². The Morgan fingerprint density at radius 2 is 1.85 bits per heavy atom. The molecule has 0 aliphatic rings. The van der Waals surface area contributed by atoms with Gasteiger partial charge in [0, 0.05) is 16.7 Å². The average Bonchev–Trinajstić information content (AvgIpc) is 3.21. The average molecular weight is 507 g/mol. The second kappa shape index (κ2) is 9.20. The minimum Gasteiger partial charge on any atom is -0.287 e. The van der Waals surface area contributed by atoms with Crippen molar-refractivity contribution < 1.29 is 26.4 Å². The number of carbonyl (C=O) groups excluding carboxylic acids is 1. The van der Waals surface area contributed by atoms with Gasteiger partial charge in [-0.3, -0.25) is 9.89 Å². The van der Waals surface area contributed by atoms with Crippen LogP contribution >= 0.6 is 11.8 Å². The SMILES string of the molecule is CCCSc1ccc(F)c(C(=O)c2[nH]nc3ncc(-c4ccc(S(N)(=O)=O)c(F)c4)cc23)c1F. The van der Waals surface area contributed by atoms with Gasteiger partial charge in [0.1, 0.15) is 22.2 Å². The molecule has 34 heavy (non-hydrogen) atoms. The molecule has 3 N–H and O–H groups in total. The van der Waals surface area contributed by atoms with Gasteiger partial charge in [-0.2, -0.15) is 5.10 Å². The molecule has 0 saturated carbocycles. The zero-order chi connectivity index (χ0) is 24.6. The van der Waals surface area contributed by atoms with Crippen molar-refractivity contribution >= 4 is 38.6 Å². The van der Waals surface area contributed by atoms with Gasteiger partial charge in [-0.1, -0.05) is 13.0 Å². The lowest BCUT2D eigenvalue weighted by molar-refractivity contribution is 0.102. The van der Waals surface area contributed by atoms with E-state index in [1.165, 1.54) is 36.2 Å². The van der Waals surface area contributed by atoms with Gasteiger partial charge in [-0.15, -0.1) is 11.8 Å². The fourth-order valence-electron chi connectivity index (χ4n) is 3.33. The highest BCUT2D eigenvalue weighted by Crippen LogP contribution is 2.31. The first kappa shape index (κ1) is 23.9. The maximum atomic E-state index is 15.0. The summed E-state index contributed by atoms with van der Waals surface area (Å²) in [6.07, 6.45) is 2.11. The first-order valence-electron chi connectivity index (χ1n) is 9.94.